The van der Waals surface area contributed by atoms with Gasteiger partial charge in [0.15, 0.2) is 0 Å². The zero-order chi connectivity index (χ0) is 17.1. The number of nitrogens with one attached hydrogen (secondary N) is 1. The van der Waals surface area contributed by atoms with Gasteiger partial charge in [-0.25, -0.2) is 0 Å². The quantitative estimate of drug-likeness (QED) is 0.803. The SMILES string of the molecule is O=C(NCC1CC1)c1cccc(OC2CN(C3CCCCCC3)C2)c1. The fourth-order valence-electron chi connectivity index (χ4n) is 4.03. The van der Waals surface area contributed by atoms with Crippen molar-refractivity contribution in [1.29, 1.82) is 0 Å². The summed E-state index contributed by atoms with van der Waals surface area (Å²) in [4.78, 5) is 14.8. The highest BCUT2D eigenvalue weighted by Gasteiger charge is 2.33. The van der Waals surface area contributed by atoms with Crippen LogP contribution in [-0.4, -0.2) is 42.6 Å². The average molecular weight is 342 g/mol. The summed E-state index contributed by atoms with van der Waals surface area (Å²) in [5.41, 5.74) is 0.707. The lowest BCUT2D eigenvalue weighted by Crippen LogP contribution is -2.57. The van der Waals surface area contributed by atoms with Gasteiger partial charge >= 0.3 is 0 Å². The van der Waals surface area contributed by atoms with Crippen LogP contribution in [0.2, 0.25) is 0 Å². The lowest BCUT2D eigenvalue weighted by atomic mass is 10.0. The zero-order valence-electron chi connectivity index (χ0n) is 15.1. The van der Waals surface area contributed by atoms with Crippen molar-refractivity contribution in [3.8, 4) is 5.75 Å². The molecule has 1 aromatic carbocycles. The maximum absolute atomic E-state index is 12.2. The van der Waals surface area contributed by atoms with Gasteiger partial charge in [-0.3, -0.25) is 9.69 Å². The Kier molecular flexibility index (Phi) is 5.25. The molecular formula is C21H30N2O2. The first kappa shape index (κ1) is 16.9. The number of rotatable bonds is 6. The molecule has 1 heterocycles. The van der Waals surface area contributed by atoms with Gasteiger partial charge in [0.25, 0.3) is 5.91 Å². The molecule has 3 fully saturated rings. The molecule has 4 nitrogen and oxygen atoms in total. The van der Waals surface area contributed by atoms with Crippen molar-refractivity contribution >= 4 is 5.91 Å². The highest BCUT2D eigenvalue weighted by atomic mass is 16.5. The van der Waals surface area contributed by atoms with Crippen LogP contribution in [0.15, 0.2) is 24.3 Å². The minimum atomic E-state index is 0.0195. The number of likely N-dealkylation sites (tertiary alicyclic amines) is 1. The van der Waals surface area contributed by atoms with E-state index in [2.05, 4.69) is 10.2 Å². The number of carbonyl (C=O) groups is 1. The molecule has 0 bridgehead atoms. The van der Waals surface area contributed by atoms with Crippen LogP contribution in [0.25, 0.3) is 0 Å². The largest absolute Gasteiger partial charge is 0.488 e. The second kappa shape index (κ2) is 7.77. The van der Waals surface area contributed by atoms with Crippen molar-refractivity contribution in [2.75, 3.05) is 19.6 Å². The third-order valence-electron chi connectivity index (χ3n) is 5.86. The number of nitrogens with zero attached hydrogens (tertiary/aromatic N) is 1. The van der Waals surface area contributed by atoms with Crippen molar-refractivity contribution in [2.24, 2.45) is 5.92 Å². The molecule has 3 aliphatic rings. The fourth-order valence-corrected chi connectivity index (χ4v) is 4.03. The van der Waals surface area contributed by atoms with Crippen molar-refractivity contribution in [2.45, 2.75) is 63.5 Å². The Balaban J connectivity index is 1.25. The molecule has 0 spiro atoms. The van der Waals surface area contributed by atoms with Crippen LogP contribution in [-0.2, 0) is 0 Å². The van der Waals surface area contributed by atoms with E-state index >= 15 is 0 Å². The molecule has 1 aliphatic heterocycles. The lowest BCUT2D eigenvalue weighted by Gasteiger charge is -2.44. The molecule has 1 N–H and O–H groups in total. The molecule has 4 rings (SSSR count). The maximum Gasteiger partial charge on any atom is 0.251 e. The van der Waals surface area contributed by atoms with Gasteiger partial charge in [-0.1, -0.05) is 31.7 Å². The first-order chi connectivity index (χ1) is 12.3. The van der Waals surface area contributed by atoms with Gasteiger partial charge in [0.2, 0.25) is 0 Å². The Hall–Kier alpha value is -1.55. The summed E-state index contributed by atoms with van der Waals surface area (Å²) in [5.74, 6) is 1.55. The number of amides is 1. The Morgan fingerprint density at radius 3 is 2.56 bits per heavy atom. The Morgan fingerprint density at radius 2 is 1.84 bits per heavy atom. The highest BCUT2D eigenvalue weighted by molar-refractivity contribution is 5.94. The van der Waals surface area contributed by atoms with Gasteiger partial charge in [0, 0.05) is 31.2 Å². The summed E-state index contributed by atoms with van der Waals surface area (Å²) in [6.45, 7) is 2.87. The van der Waals surface area contributed by atoms with Crippen LogP contribution >= 0.6 is 0 Å². The summed E-state index contributed by atoms with van der Waals surface area (Å²) in [6, 6.07) is 8.40. The first-order valence-electron chi connectivity index (χ1n) is 10.1. The van der Waals surface area contributed by atoms with Gasteiger partial charge in [0.1, 0.15) is 11.9 Å². The van der Waals surface area contributed by atoms with Gasteiger partial charge in [0.05, 0.1) is 0 Å². The molecule has 2 aliphatic carbocycles. The summed E-state index contributed by atoms with van der Waals surface area (Å²) in [5, 5.41) is 3.02. The van der Waals surface area contributed by atoms with Gasteiger partial charge < -0.3 is 10.1 Å². The van der Waals surface area contributed by atoms with E-state index in [-0.39, 0.29) is 12.0 Å². The standard InChI is InChI=1S/C21H30N2O2/c24-21(22-13-16-10-11-16)17-6-5-9-19(12-17)25-20-14-23(15-20)18-7-3-1-2-4-8-18/h5-6,9,12,16,18,20H,1-4,7-8,10-11,13-15H2,(H,22,24). The van der Waals surface area contributed by atoms with Crippen LogP contribution < -0.4 is 10.1 Å². The molecule has 25 heavy (non-hydrogen) atoms. The molecule has 4 heteroatoms. The predicted molar refractivity (Wildman–Crippen MR) is 99.0 cm³/mol. The second-order valence-corrected chi connectivity index (χ2v) is 8.02. The summed E-state index contributed by atoms with van der Waals surface area (Å²) in [6.07, 6.45) is 11.0. The Morgan fingerprint density at radius 1 is 1.08 bits per heavy atom. The third kappa shape index (κ3) is 4.55. The monoisotopic (exact) mass is 342 g/mol. The van der Waals surface area contributed by atoms with Gasteiger partial charge in [-0.05, 0) is 49.8 Å². The normalized spacial score (nSPS) is 22.9. The van der Waals surface area contributed by atoms with Crippen LogP contribution in [0.3, 0.4) is 0 Å². The Labute approximate surface area is 150 Å². The molecule has 1 aromatic rings. The van der Waals surface area contributed by atoms with Gasteiger partial charge in [-0.15, -0.1) is 0 Å². The molecular weight excluding hydrogens is 312 g/mol. The molecule has 0 radical (unpaired) electrons. The van der Waals surface area contributed by atoms with E-state index in [1.165, 1.54) is 51.4 Å². The number of hydrogen-bond donors (Lipinski definition) is 1. The van der Waals surface area contributed by atoms with Crippen LogP contribution in [0.4, 0.5) is 0 Å². The predicted octanol–water partition coefficient (Wildman–Crippen LogP) is 3.61. The minimum Gasteiger partial charge on any atom is -0.488 e. The van der Waals surface area contributed by atoms with E-state index in [0.717, 1.165) is 31.4 Å². The third-order valence-corrected chi connectivity index (χ3v) is 5.86. The minimum absolute atomic E-state index is 0.0195. The topological polar surface area (TPSA) is 41.6 Å². The molecule has 1 saturated heterocycles. The van der Waals surface area contributed by atoms with Crippen LogP contribution in [0.5, 0.6) is 5.75 Å². The first-order valence-corrected chi connectivity index (χ1v) is 10.1. The smallest absolute Gasteiger partial charge is 0.251 e. The zero-order valence-corrected chi connectivity index (χ0v) is 15.1. The van der Waals surface area contributed by atoms with Crippen molar-refractivity contribution in [3.63, 3.8) is 0 Å². The summed E-state index contributed by atoms with van der Waals surface area (Å²) < 4.78 is 6.11. The summed E-state index contributed by atoms with van der Waals surface area (Å²) in [7, 11) is 0. The molecule has 0 aromatic heterocycles. The number of hydrogen-bond acceptors (Lipinski definition) is 3. The molecule has 136 valence electrons. The molecule has 0 unspecified atom stereocenters. The van der Waals surface area contributed by atoms with E-state index in [4.69, 9.17) is 4.74 Å². The van der Waals surface area contributed by atoms with Crippen molar-refractivity contribution in [1.82, 2.24) is 10.2 Å². The van der Waals surface area contributed by atoms with Crippen LogP contribution in [0.1, 0.15) is 61.7 Å². The molecule has 1 amide bonds. The lowest BCUT2D eigenvalue weighted by molar-refractivity contribution is -0.0131. The number of carbonyl (C=O) groups excluding carboxylic acids is 1. The molecule has 2 saturated carbocycles. The van der Waals surface area contributed by atoms with Gasteiger partial charge in [-0.2, -0.15) is 0 Å². The second-order valence-electron chi connectivity index (χ2n) is 8.02. The number of benzene rings is 1. The molecule has 0 atom stereocenters. The fraction of sp³-hybridized carbons (Fsp3) is 0.667. The Bertz CT molecular complexity index is 585. The highest BCUT2D eigenvalue weighted by Crippen LogP contribution is 2.28. The van der Waals surface area contributed by atoms with E-state index in [9.17, 15) is 4.79 Å². The summed E-state index contributed by atoms with van der Waals surface area (Å²) >= 11 is 0. The van der Waals surface area contributed by atoms with E-state index < -0.39 is 0 Å². The van der Waals surface area contributed by atoms with E-state index in [0.29, 0.717) is 11.5 Å². The van der Waals surface area contributed by atoms with E-state index in [1.807, 2.05) is 24.3 Å². The maximum atomic E-state index is 12.2. The number of ether oxygens (including phenoxy) is 1. The average Bonchev–Trinajstić information content (AvgIpc) is 3.43. The van der Waals surface area contributed by atoms with Crippen LogP contribution in [0, 0.1) is 5.92 Å². The van der Waals surface area contributed by atoms with E-state index in [1.54, 1.807) is 0 Å². The van der Waals surface area contributed by atoms with Crippen molar-refractivity contribution < 1.29 is 9.53 Å². The van der Waals surface area contributed by atoms with Crippen molar-refractivity contribution in [3.05, 3.63) is 29.8 Å².